The van der Waals surface area contributed by atoms with E-state index in [9.17, 15) is 19.2 Å². The largest absolute Gasteiger partial charge is 0.448 e. The molecule has 0 radical (unpaired) electrons. The number of hydrogen-bond acceptors (Lipinski definition) is 6. The number of likely N-dealkylation sites (N-methyl/N-ethyl adjacent to an activating group) is 1. The number of aryl methyl sites for hydroxylation is 1. The van der Waals surface area contributed by atoms with E-state index >= 15 is 0 Å². The topological polar surface area (TPSA) is 117 Å². The summed E-state index contributed by atoms with van der Waals surface area (Å²) >= 11 is 3.51. The number of anilines is 1. The summed E-state index contributed by atoms with van der Waals surface area (Å²) in [6, 6.07) is 15.1. The summed E-state index contributed by atoms with van der Waals surface area (Å²) in [7, 11) is 1.51. The van der Waals surface area contributed by atoms with Crippen molar-refractivity contribution in [1.29, 1.82) is 0 Å². The fraction of sp³-hybridized carbons (Fsp3) is 0.484. The van der Waals surface area contributed by atoms with Crippen molar-refractivity contribution in [3.8, 4) is 0 Å². The van der Waals surface area contributed by atoms with Crippen LogP contribution in [0.2, 0.25) is 0 Å². The molecule has 1 aliphatic rings. The van der Waals surface area contributed by atoms with Crippen LogP contribution < -0.4 is 10.6 Å². The highest BCUT2D eigenvalue weighted by Crippen LogP contribution is 2.33. The molecule has 42 heavy (non-hydrogen) atoms. The molecule has 2 N–H and O–H groups in total. The quantitative estimate of drug-likeness (QED) is 0.380. The van der Waals surface area contributed by atoms with Crippen LogP contribution >= 0.6 is 15.9 Å². The smallest absolute Gasteiger partial charge is 0.411 e. The van der Waals surface area contributed by atoms with E-state index in [1.165, 1.54) is 11.9 Å². The van der Waals surface area contributed by atoms with E-state index < -0.39 is 23.2 Å². The first kappa shape index (κ1) is 32.9. The van der Waals surface area contributed by atoms with E-state index in [1.807, 2.05) is 36.4 Å². The number of hydrogen-bond donors (Lipinski definition) is 2. The first-order valence-electron chi connectivity index (χ1n) is 14.1. The number of benzene rings is 2. The maximum atomic E-state index is 13.6. The number of rotatable bonds is 9. The van der Waals surface area contributed by atoms with Crippen molar-refractivity contribution in [3.63, 3.8) is 0 Å². The molecule has 0 spiro atoms. The van der Waals surface area contributed by atoms with Gasteiger partial charge in [-0.2, -0.15) is 0 Å². The van der Waals surface area contributed by atoms with Crippen LogP contribution in [-0.4, -0.2) is 72.7 Å². The summed E-state index contributed by atoms with van der Waals surface area (Å²) in [5, 5.41) is 5.71. The van der Waals surface area contributed by atoms with Gasteiger partial charge in [0.2, 0.25) is 11.8 Å². The number of carbonyl (C=O) groups excluding carboxylic acids is 4. The molecule has 0 atom stereocenters. The molecule has 1 saturated heterocycles. The van der Waals surface area contributed by atoms with Crippen LogP contribution in [0, 0.1) is 5.41 Å². The number of likely N-dealkylation sites (tertiary alicyclic amines) is 1. The minimum Gasteiger partial charge on any atom is -0.448 e. The molecule has 3 rings (SSSR count). The van der Waals surface area contributed by atoms with Crippen LogP contribution in [0.5, 0.6) is 0 Å². The summed E-state index contributed by atoms with van der Waals surface area (Å²) in [5.74, 6) is -0.504. The molecular weight excluding hydrogens is 604 g/mol. The van der Waals surface area contributed by atoms with Crippen molar-refractivity contribution >= 4 is 45.6 Å². The van der Waals surface area contributed by atoms with Gasteiger partial charge in [0.25, 0.3) is 0 Å². The molecule has 1 fully saturated rings. The second-order valence-electron chi connectivity index (χ2n) is 11.5. The normalized spacial score (nSPS) is 14.5. The van der Waals surface area contributed by atoms with Crippen LogP contribution in [0.15, 0.2) is 53.0 Å². The van der Waals surface area contributed by atoms with Crippen molar-refractivity contribution < 1.29 is 28.7 Å². The standard InChI is InChI=1S/C31H41BrN4O6/c1-6-22-11-13-24(14-12-22)34-28(39)41-21-31(27(38)33-19-23-9-7-8-10-25(23)32)15-17-36(18-16-31)26(37)20-35(5)29(40)42-30(2,3)4/h7-14H,6,15-21H2,1-5H3,(H,33,38)(H,34,39). The summed E-state index contributed by atoms with van der Waals surface area (Å²) in [6.45, 7) is 7.88. The van der Waals surface area contributed by atoms with Gasteiger partial charge in [-0.25, -0.2) is 9.59 Å². The molecule has 4 amide bonds. The van der Waals surface area contributed by atoms with Gasteiger partial charge in [-0.05, 0) is 69.4 Å². The summed E-state index contributed by atoms with van der Waals surface area (Å²) in [6.07, 6.45) is 0.218. The zero-order chi connectivity index (χ0) is 30.9. The highest BCUT2D eigenvalue weighted by molar-refractivity contribution is 9.10. The van der Waals surface area contributed by atoms with Crippen molar-refractivity contribution in [2.24, 2.45) is 5.41 Å². The molecule has 1 aliphatic heterocycles. The lowest BCUT2D eigenvalue weighted by Crippen LogP contribution is -2.54. The Hall–Kier alpha value is -3.60. The summed E-state index contributed by atoms with van der Waals surface area (Å²) < 4.78 is 11.8. The minimum atomic E-state index is -1.03. The van der Waals surface area contributed by atoms with E-state index in [1.54, 1.807) is 37.8 Å². The number of piperidine rings is 1. The van der Waals surface area contributed by atoms with E-state index in [2.05, 4.69) is 33.5 Å². The van der Waals surface area contributed by atoms with Crippen molar-refractivity contribution in [1.82, 2.24) is 15.1 Å². The Morgan fingerprint density at radius 2 is 1.67 bits per heavy atom. The Labute approximate surface area is 256 Å². The zero-order valence-electron chi connectivity index (χ0n) is 25.0. The van der Waals surface area contributed by atoms with Gasteiger partial charge in [0.15, 0.2) is 0 Å². The molecule has 10 nitrogen and oxygen atoms in total. The zero-order valence-corrected chi connectivity index (χ0v) is 26.6. The van der Waals surface area contributed by atoms with Crippen LogP contribution in [0.3, 0.4) is 0 Å². The van der Waals surface area contributed by atoms with Gasteiger partial charge >= 0.3 is 12.2 Å². The minimum absolute atomic E-state index is 0.145. The highest BCUT2D eigenvalue weighted by atomic mass is 79.9. The lowest BCUT2D eigenvalue weighted by Gasteiger charge is -2.40. The summed E-state index contributed by atoms with van der Waals surface area (Å²) in [4.78, 5) is 54.5. The number of amides is 4. The van der Waals surface area contributed by atoms with Crippen molar-refractivity contribution in [3.05, 3.63) is 64.1 Å². The fourth-order valence-corrected chi connectivity index (χ4v) is 4.94. The van der Waals surface area contributed by atoms with E-state index in [4.69, 9.17) is 9.47 Å². The fourth-order valence-electron chi connectivity index (χ4n) is 4.51. The molecule has 0 aromatic heterocycles. The van der Waals surface area contributed by atoms with E-state index in [0.29, 0.717) is 12.2 Å². The lowest BCUT2D eigenvalue weighted by molar-refractivity contribution is -0.143. The Morgan fingerprint density at radius 3 is 2.26 bits per heavy atom. The predicted molar refractivity (Wildman–Crippen MR) is 164 cm³/mol. The van der Waals surface area contributed by atoms with E-state index in [-0.39, 0.29) is 50.9 Å². The molecule has 228 valence electrons. The van der Waals surface area contributed by atoms with Crippen LogP contribution in [-0.2, 0) is 32.0 Å². The average Bonchev–Trinajstić information content (AvgIpc) is 2.95. The highest BCUT2D eigenvalue weighted by Gasteiger charge is 2.43. The number of nitrogens with one attached hydrogen (secondary N) is 2. The van der Waals surface area contributed by atoms with Crippen molar-refractivity contribution in [2.75, 3.05) is 38.6 Å². The van der Waals surface area contributed by atoms with Gasteiger partial charge < -0.3 is 24.6 Å². The Balaban J connectivity index is 1.65. The van der Waals surface area contributed by atoms with Crippen LogP contribution in [0.4, 0.5) is 15.3 Å². The molecule has 0 unspecified atom stereocenters. The number of carbonyl (C=O) groups is 4. The molecule has 0 aliphatic carbocycles. The number of halogens is 1. The first-order valence-corrected chi connectivity index (χ1v) is 14.9. The SMILES string of the molecule is CCc1ccc(NC(=O)OCC2(C(=O)NCc3ccccc3Br)CCN(C(=O)CN(C)C(=O)OC(C)(C)C)CC2)cc1. The molecule has 0 saturated carbocycles. The lowest BCUT2D eigenvalue weighted by atomic mass is 9.78. The van der Waals surface area contributed by atoms with Gasteiger partial charge in [-0.15, -0.1) is 0 Å². The van der Waals surface area contributed by atoms with Gasteiger partial charge in [0.05, 0.1) is 5.41 Å². The van der Waals surface area contributed by atoms with Gasteiger partial charge in [0, 0.05) is 36.8 Å². The van der Waals surface area contributed by atoms with Gasteiger partial charge in [-0.1, -0.05) is 53.2 Å². The van der Waals surface area contributed by atoms with Crippen LogP contribution in [0.25, 0.3) is 0 Å². The van der Waals surface area contributed by atoms with Crippen LogP contribution in [0.1, 0.15) is 51.7 Å². The van der Waals surface area contributed by atoms with Gasteiger partial charge in [-0.3, -0.25) is 14.9 Å². The molecule has 1 heterocycles. The Bertz CT molecular complexity index is 1250. The third-order valence-electron chi connectivity index (χ3n) is 7.12. The molecule has 11 heteroatoms. The maximum Gasteiger partial charge on any atom is 0.411 e. The average molecular weight is 646 g/mol. The molecular formula is C31H41BrN4O6. The monoisotopic (exact) mass is 644 g/mol. The number of ether oxygens (including phenoxy) is 2. The second kappa shape index (κ2) is 14.5. The number of nitrogens with zero attached hydrogens (tertiary/aromatic N) is 2. The Kier molecular flexibility index (Phi) is 11.4. The third-order valence-corrected chi connectivity index (χ3v) is 7.89. The molecule has 2 aromatic rings. The maximum absolute atomic E-state index is 13.6. The van der Waals surface area contributed by atoms with E-state index in [0.717, 1.165) is 22.0 Å². The van der Waals surface area contributed by atoms with Crippen molar-refractivity contribution in [2.45, 2.75) is 59.1 Å². The molecule has 2 aromatic carbocycles. The third kappa shape index (κ3) is 9.47. The summed E-state index contributed by atoms with van der Waals surface area (Å²) in [5.41, 5.74) is 0.950. The Morgan fingerprint density at radius 1 is 1.02 bits per heavy atom. The van der Waals surface area contributed by atoms with Gasteiger partial charge in [0.1, 0.15) is 18.8 Å². The second-order valence-corrected chi connectivity index (χ2v) is 12.4. The molecule has 0 bridgehead atoms. The first-order chi connectivity index (χ1) is 19.8. The predicted octanol–water partition coefficient (Wildman–Crippen LogP) is 5.35.